The van der Waals surface area contributed by atoms with Crippen LogP contribution in [0.4, 0.5) is 4.79 Å². The van der Waals surface area contributed by atoms with Gasteiger partial charge in [-0.25, -0.2) is 9.59 Å². The molecule has 11 heteroatoms. The maximum absolute atomic E-state index is 13.5. The van der Waals surface area contributed by atoms with Crippen molar-refractivity contribution in [2.24, 2.45) is 22.7 Å². The third kappa shape index (κ3) is 7.30. The van der Waals surface area contributed by atoms with Crippen molar-refractivity contribution in [1.29, 1.82) is 0 Å². The summed E-state index contributed by atoms with van der Waals surface area (Å²) in [5.74, 6) is 1.12. The Bertz CT molecular complexity index is 1190. The van der Waals surface area contributed by atoms with Crippen molar-refractivity contribution < 1.29 is 28.7 Å². The van der Waals surface area contributed by atoms with Crippen LogP contribution in [0.1, 0.15) is 81.1 Å². The average molecular weight is 596 g/mol. The van der Waals surface area contributed by atoms with Crippen molar-refractivity contribution >= 4 is 29.8 Å². The van der Waals surface area contributed by atoms with Crippen LogP contribution in [0.15, 0.2) is 29.3 Å². The second-order valence-corrected chi connectivity index (χ2v) is 12.9. The molecule has 0 saturated heterocycles. The lowest BCUT2D eigenvalue weighted by molar-refractivity contribution is -0.161. The molecule has 0 radical (unpaired) electrons. The van der Waals surface area contributed by atoms with Gasteiger partial charge in [-0.15, -0.1) is 0 Å². The normalized spacial score (nSPS) is 26.1. The molecule has 43 heavy (non-hydrogen) atoms. The van der Waals surface area contributed by atoms with E-state index in [0.717, 1.165) is 37.8 Å². The second-order valence-electron chi connectivity index (χ2n) is 12.9. The van der Waals surface area contributed by atoms with Gasteiger partial charge >= 0.3 is 12.1 Å². The maximum atomic E-state index is 13.5. The summed E-state index contributed by atoms with van der Waals surface area (Å²) in [5.41, 5.74) is 0.868. The molecular formula is C32H45N5O6. The highest BCUT2D eigenvalue weighted by Crippen LogP contribution is 2.58. The van der Waals surface area contributed by atoms with Crippen molar-refractivity contribution in [1.82, 2.24) is 20.9 Å². The third-order valence-corrected chi connectivity index (χ3v) is 9.29. The number of guanidine groups is 1. The molecule has 234 valence electrons. The number of amides is 3. The van der Waals surface area contributed by atoms with E-state index in [9.17, 15) is 19.2 Å². The summed E-state index contributed by atoms with van der Waals surface area (Å²) in [7, 11) is 1.34. The molecule has 5 aliphatic rings. The first-order valence-corrected chi connectivity index (χ1v) is 15.7. The van der Waals surface area contributed by atoms with E-state index >= 15 is 0 Å². The molecule has 0 unspecified atom stereocenters. The fourth-order valence-electron chi connectivity index (χ4n) is 7.88. The van der Waals surface area contributed by atoms with E-state index in [-0.39, 0.29) is 24.5 Å². The number of hydrogen-bond acceptors (Lipinski definition) is 8. The minimum atomic E-state index is -1.00. The predicted octanol–water partition coefficient (Wildman–Crippen LogP) is 3.17. The average Bonchev–Trinajstić information content (AvgIpc) is 2.97. The van der Waals surface area contributed by atoms with E-state index in [0.29, 0.717) is 48.7 Å². The number of aliphatic imine (C=N–C) groups is 1. The summed E-state index contributed by atoms with van der Waals surface area (Å²) in [6.07, 6.45) is 6.91. The molecule has 11 nitrogen and oxygen atoms in total. The molecule has 3 amide bonds. The number of nitrogens with one attached hydrogen (secondary N) is 3. The number of nitrogens with zero attached hydrogens (tertiary/aromatic N) is 2. The van der Waals surface area contributed by atoms with Crippen LogP contribution in [0.2, 0.25) is 0 Å². The SMILES string of the molecule is COC(=O)N([C@@H](CNC(=O)c1ccc(CCC(=O)NC2=NCCCN2)cc1)C(=O)OC(C)C)C12CC3CC(CC(C3)C1)C2. The van der Waals surface area contributed by atoms with Crippen LogP contribution in [0.5, 0.6) is 0 Å². The van der Waals surface area contributed by atoms with E-state index in [2.05, 4.69) is 20.9 Å². The van der Waals surface area contributed by atoms with Gasteiger partial charge in [-0.3, -0.25) is 24.8 Å². The van der Waals surface area contributed by atoms with Gasteiger partial charge < -0.3 is 20.1 Å². The minimum absolute atomic E-state index is 0.0823. The van der Waals surface area contributed by atoms with Crippen LogP contribution >= 0.6 is 0 Å². The zero-order valence-electron chi connectivity index (χ0n) is 25.5. The van der Waals surface area contributed by atoms with E-state index in [1.165, 1.54) is 26.4 Å². The van der Waals surface area contributed by atoms with Gasteiger partial charge in [0.15, 0.2) is 12.0 Å². The van der Waals surface area contributed by atoms with Crippen molar-refractivity contribution in [3.05, 3.63) is 35.4 Å². The van der Waals surface area contributed by atoms with Gasteiger partial charge in [0.2, 0.25) is 5.91 Å². The lowest BCUT2D eigenvalue weighted by atomic mass is 9.52. The lowest BCUT2D eigenvalue weighted by Crippen LogP contribution is -2.67. The van der Waals surface area contributed by atoms with Crippen molar-refractivity contribution in [2.45, 2.75) is 89.3 Å². The van der Waals surface area contributed by atoms with Gasteiger partial charge in [0.1, 0.15) is 0 Å². The highest BCUT2D eigenvalue weighted by atomic mass is 16.6. The summed E-state index contributed by atoms with van der Waals surface area (Å²) in [6, 6.07) is 6.04. The topological polar surface area (TPSA) is 138 Å². The summed E-state index contributed by atoms with van der Waals surface area (Å²) in [6.45, 7) is 4.96. The number of carbonyl (C=O) groups excluding carboxylic acids is 4. The van der Waals surface area contributed by atoms with Gasteiger partial charge in [0, 0.05) is 37.2 Å². The fourth-order valence-corrected chi connectivity index (χ4v) is 7.88. The monoisotopic (exact) mass is 595 g/mol. The van der Waals surface area contributed by atoms with Crippen LogP contribution in [0.25, 0.3) is 0 Å². The molecule has 1 aromatic carbocycles. The Morgan fingerprint density at radius 2 is 1.70 bits per heavy atom. The Labute approximate surface area is 253 Å². The summed E-state index contributed by atoms with van der Waals surface area (Å²) < 4.78 is 10.9. The van der Waals surface area contributed by atoms with Crippen molar-refractivity contribution in [3.63, 3.8) is 0 Å². The number of rotatable bonds is 10. The Hall–Kier alpha value is -3.63. The maximum Gasteiger partial charge on any atom is 0.410 e. The number of hydrogen-bond donors (Lipinski definition) is 3. The Kier molecular flexibility index (Phi) is 9.56. The number of benzene rings is 1. The van der Waals surface area contributed by atoms with E-state index in [4.69, 9.17) is 9.47 Å². The summed E-state index contributed by atoms with van der Waals surface area (Å²) in [5, 5.41) is 8.75. The molecule has 4 saturated carbocycles. The molecule has 4 fully saturated rings. The quantitative estimate of drug-likeness (QED) is 0.353. The van der Waals surface area contributed by atoms with Crippen molar-refractivity contribution in [2.75, 3.05) is 26.7 Å². The van der Waals surface area contributed by atoms with Crippen LogP contribution < -0.4 is 16.0 Å². The van der Waals surface area contributed by atoms with Gasteiger partial charge in [-0.2, -0.15) is 0 Å². The van der Waals surface area contributed by atoms with Gasteiger partial charge in [0.25, 0.3) is 5.91 Å². The zero-order valence-corrected chi connectivity index (χ0v) is 25.5. The van der Waals surface area contributed by atoms with Crippen LogP contribution in [-0.2, 0) is 25.5 Å². The fraction of sp³-hybridized carbons (Fsp3) is 0.656. The molecule has 1 aromatic rings. The molecule has 1 aliphatic heterocycles. The standard InChI is InChI=1S/C32H45N5O6/c1-20(2)43-29(40)26(37(31(41)42-3)32-16-22-13-23(17-32)15-24(14-22)18-32)19-35-28(39)25-8-5-21(6-9-25)7-10-27(38)36-30-33-11-4-12-34-30/h5-6,8-9,20,22-24,26H,4,7,10-19H2,1-3H3,(H,35,39)(H2,33,34,36,38)/t22?,23?,24?,26-,32?/m0/s1. The number of esters is 1. The van der Waals surface area contributed by atoms with Crippen LogP contribution in [0.3, 0.4) is 0 Å². The number of ether oxygens (including phenoxy) is 2. The lowest BCUT2D eigenvalue weighted by Gasteiger charge is -2.60. The molecule has 1 atom stereocenters. The molecule has 3 N–H and O–H groups in total. The first-order valence-electron chi connectivity index (χ1n) is 15.7. The molecule has 4 bridgehead atoms. The Balaban J connectivity index is 1.24. The molecule has 6 rings (SSSR count). The number of methoxy groups -OCH3 is 1. The second kappa shape index (κ2) is 13.3. The Morgan fingerprint density at radius 1 is 1.05 bits per heavy atom. The number of carbonyl (C=O) groups is 4. The minimum Gasteiger partial charge on any atom is -0.461 e. The number of aryl methyl sites for hydroxylation is 1. The molecule has 0 spiro atoms. The van der Waals surface area contributed by atoms with Gasteiger partial charge in [-0.05, 0) is 101 Å². The predicted molar refractivity (Wildman–Crippen MR) is 160 cm³/mol. The van der Waals surface area contributed by atoms with Crippen LogP contribution in [0, 0.1) is 17.8 Å². The van der Waals surface area contributed by atoms with E-state index in [1.807, 2.05) is 12.1 Å². The molecule has 0 aromatic heterocycles. The van der Waals surface area contributed by atoms with Crippen molar-refractivity contribution in [3.8, 4) is 0 Å². The molecule has 1 heterocycles. The molecular weight excluding hydrogens is 550 g/mol. The van der Waals surface area contributed by atoms with Gasteiger partial charge in [-0.1, -0.05) is 12.1 Å². The first kappa shape index (κ1) is 30.8. The third-order valence-electron chi connectivity index (χ3n) is 9.29. The van der Waals surface area contributed by atoms with E-state index in [1.54, 1.807) is 30.9 Å². The smallest absolute Gasteiger partial charge is 0.410 e. The van der Waals surface area contributed by atoms with Crippen LogP contribution in [-0.4, -0.2) is 79.2 Å². The summed E-state index contributed by atoms with van der Waals surface area (Å²) >= 11 is 0. The first-order chi connectivity index (χ1) is 20.7. The highest BCUT2D eigenvalue weighted by Gasteiger charge is 2.57. The highest BCUT2D eigenvalue weighted by molar-refractivity contribution is 5.97. The zero-order chi connectivity index (χ0) is 30.6. The molecule has 4 aliphatic carbocycles. The Morgan fingerprint density at radius 3 is 2.26 bits per heavy atom. The largest absolute Gasteiger partial charge is 0.461 e. The summed E-state index contributed by atoms with van der Waals surface area (Å²) in [4.78, 5) is 58.2. The van der Waals surface area contributed by atoms with E-state index < -0.39 is 23.6 Å². The van der Waals surface area contributed by atoms with Gasteiger partial charge in [0.05, 0.1) is 13.2 Å².